The molecular weight excluding hydrogens is 373 g/mol. The number of pyridine rings is 1. The lowest BCUT2D eigenvalue weighted by Crippen LogP contribution is -2.44. The Morgan fingerprint density at radius 3 is 2.62 bits per heavy atom. The van der Waals surface area contributed by atoms with Crippen molar-refractivity contribution in [3.05, 3.63) is 81.9 Å². The van der Waals surface area contributed by atoms with Gasteiger partial charge in [-0.3, -0.25) is 14.5 Å². The van der Waals surface area contributed by atoms with Crippen LogP contribution in [0.2, 0.25) is 0 Å². The largest absolute Gasteiger partial charge is 0.379 e. The molecule has 1 saturated heterocycles. The van der Waals surface area contributed by atoms with E-state index in [9.17, 15) is 14.0 Å². The number of fused-ring (bicyclic) bond motifs is 1. The van der Waals surface area contributed by atoms with Gasteiger partial charge in [-0.25, -0.2) is 4.39 Å². The summed E-state index contributed by atoms with van der Waals surface area (Å²) >= 11 is 0. The van der Waals surface area contributed by atoms with Crippen LogP contribution in [0.5, 0.6) is 0 Å². The van der Waals surface area contributed by atoms with E-state index < -0.39 is 0 Å². The normalized spacial score (nSPS) is 15.9. The highest BCUT2D eigenvalue weighted by molar-refractivity contribution is 6.05. The topological polar surface area (TPSA) is 74.4 Å². The SMILES string of the molecule is O=C(NC[C@@H](c1ccc(F)cc1)N1CCOCC1)c1cc(=O)[nH]c2ccccc12. The van der Waals surface area contributed by atoms with E-state index in [0.717, 1.165) is 18.7 Å². The summed E-state index contributed by atoms with van der Waals surface area (Å²) in [5, 5.41) is 3.65. The van der Waals surface area contributed by atoms with E-state index in [1.54, 1.807) is 24.3 Å². The molecule has 1 aliphatic rings. The molecule has 150 valence electrons. The average Bonchev–Trinajstić information content (AvgIpc) is 2.75. The van der Waals surface area contributed by atoms with Crippen LogP contribution in [0.15, 0.2) is 59.4 Å². The number of nitrogens with one attached hydrogen (secondary N) is 2. The number of ether oxygens (including phenoxy) is 1. The summed E-state index contributed by atoms with van der Waals surface area (Å²) in [6.45, 7) is 3.03. The van der Waals surface area contributed by atoms with Crippen LogP contribution in [0.1, 0.15) is 22.0 Å². The molecule has 3 aromatic rings. The summed E-state index contributed by atoms with van der Waals surface area (Å²) in [6, 6.07) is 14.7. The molecule has 6 nitrogen and oxygen atoms in total. The summed E-state index contributed by atoms with van der Waals surface area (Å²) in [5.74, 6) is -0.610. The molecule has 2 aromatic carbocycles. The van der Waals surface area contributed by atoms with Crippen LogP contribution in [0.25, 0.3) is 10.9 Å². The van der Waals surface area contributed by atoms with Crippen molar-refractivity contribution in [1.29, 1.82) is 0 Å². The number of nitrogens with zero attached hydrogens (tertiary/aromatic N) is 1. The number of rotatable bonds is 5. The van der Waals surface area contributed by atoms with E-state index in [-0.39, 0.29) is 23.3 Å². The smallest absolute Gasteiger partial charge is 0.252 e. The number of aromatic amines is 1. The number of hydrogen-bond donors (Lipinski definition) is 2. The first kappa shape index (κ1) is 19.3. The molecule has 0 saturated carbocycles. The van der Waals surface area contributed by atoms with Gasteiger partial charge in [0.2, 0.25) is 5.56 Å². The van der Waals surface area contributed by atoms with Crippen LogP contribution in [0.3, 0.4) is 0 Å². The Morgan fingerprint density at radius 2 is 1.86 bits per heavy atom. The zero-order valence-electron chi connectivity index (χ0n) is 15.9. The van der Waals surface area contributed by atoms with Crippen molar-refractivity contribution < 1.29 is 13.9 Å². The molecule has 29 heavy (non-hydrogen) atoms. The maximum atomic E-state index is 13.4. The summed E-state index contributed by atoms with van der Waals surface area (Å²) in [5.41, 5.74) is 1.55. The number of benzene rings is 2. The molecule has 1 amide bonds. The van der Waals surface area contributed by atoms with Gasteiger partial charge in [0.05, 0.1) is 24.8 Å². The van der Waals surface area contributed by atoms with E-state index in [2.05, 4.69) is 15.2 Å². The molecule has 2 N–H and O–H groups in total. The molecule has 1 aromatic heterocycles. The molecule has 0 aliphatic carbocycles. The molecule has 2 heterocycles. The summed E-state index contributed by atoms with van der Waals surface area (Å²) in [7, 11) is 0. The maximum Gasteiger partial charge on any atom is 0.252 e. The Morgan fingerprint density at radius 1 is 1.14 bits per heavy atom. The molecular formula is C22H22FN3O3. The Balaban J connectivity index is 1.58. The van der Waals surface area contributed by atoms with E-state index in [1.807, 2.05) is 12.1 Å². The van der Waals surface area contributed by atoms with Gasteiger partial charge in [0.1, 0.15) is 5.82 Å². The molecule has 0 radical (unpaired) electrons. The van der Waals surface area contributed by atoms with Gasteiger partial charge in [-0.05, 0) is 23.8 Å². The minimum Gasteiger partial charge on any atom is -0.379 e. The number of morpholine rings is 1. The quantitative estimate of drug-likeness (QED) is 0.696. The van der Waals surface area contributed by atoms with Gasteiger partial charge >= 0.3 is 0 Å². The number of hydrogen-bond acceptors (Lipinski definition) is 4. The second kappa shape index (κ2) is 8.55. The third-order valence-corrected chi connectivity index (χ3v) is 5.19. The zero-order chi connectivity index (χ0) is 20.2. The van der Waals surface area contributed by atoms with Gasteiger partial charge in [0.25, 0.3) is 5.91 Å². The van der Waals surface area contributed by atoms with E-state index in [1.165, 1.54) is 18.2 Å². The fraction of sp³-hybridized carbons (Fsp3) is 0.273. The molecule has 0 unspecified atom stereocenters. The van der Waals surface area contributed by atoms with Crippen LogP contribution >= 0.6 is 0 Å². The van der Waals surface area contributed by atoms with Crippen molar-refractivity contribution in [2.45, 2.75) is 6.04 Å². The Bertz CT molecular complexity index is 1060. The average molecular weight is 395 g/mol. The van der Waals surface area contributed by atoms with Crippen LogP contribution in [-0.4, -0.2) is 48.6 Å². The lowest BCUT2D eigenvalue weighted by atomic mass is 10.0. The number of aromatic nitrogens is 1. The first-order valence-electron chi connectivity index (χ1n) is 9.59. The molecule has 0 spiro atoms. The van der Waals surface area contributed by atoms with Gasteiger partial charge in [-0.15, -0.1) is 0 Å². The van der Waals surface area contributed by atoms with E-state index in [0.29, 0.717) is 36.2 Å². The first-order chi connectivity index (χ1) is 14.1. The Hall–Kier alpha value is -3.03. The van der Waals surface area contributed by atoms with Gasteiger partial charge in [0, 0.05) is 36.6 Å². The van der Waals surface area contributed by atoms with Crippen LogP contribution in [0, 0.1) is 5.82 Å². The van der Waals surface area contributed by atoms with Crippen molar-refractivity contribution >= 4 is 16.8 Å². The molecule has 0 bridgehead atoms. The number of carbonyl (C=O) groups is 1. The number of amides is 1. The molecule has 1 aliphatic heterocycles. The van der Waals surface area contributed by atoms with Crippen molar-refractivity contribution in [3.8, 4) is 0 Å². The second-order valence-electron chi connectivity index (χ2n) is 7.02. The maximum absolute atomic E-state index is 13.4. The zero-order valence-corrected chi connectivity index (χ0v) is 15.9. The van der Waals surface area contributed by atoms with Gasteiger partial charge < -0.3 is 15.0 Å². The summed E-state index contributed by atoms with van der Waals surface area (Å²) < 4.78 is 18.8. The predicted octanol–water partition coefficient (Wildman–Crippen LogP) is 2.47. The Labute approximate surface area is 167 Å². The highest BCUT2D eigenvalue weighted by Crippen LogP contribution is 2.22. The van der Waals surface area contributed by atoms with Crippen molar-refractivity contribution in [1.82, 2.24) is 15.2 Å². The van der Waals surface area contributed by atoms with E-state index in [4.69, 9.17) is 4.74 Å². The summed E-state index contributed by atoms with van der Waals surface area (Å²) in [6.07, 6.45) is 0. The van der Waals surface area contributed by atoms with Crippen LogP contribution < -0.4 is 10.9 Å². The van der Waals surface area contributed by atoms with Crippen LogP contribution in [0.4, 0.5) is 4.39 Å². The minimum absolute atomic E-state index is 0.114. The van der Waals surface area contributed by atoms with Crippen molar-refractivity contribution in [2.75, 3.05) is 32.8 Å². The van der Waals surface area contributed by atoms with Crippen molar-refractivity contribution in [2.24, 2.45) is 0 Å². The first-order valence-corrected chi connectivity index (χ1v) is 9.59. The highest BCUT2D eigenvalue weighted by Gasteiger charge is 2.24. The minimum atomic E-state index is -0.322. The molecule has 7 heteroatoms. The standard InChI is InChI=1S/C22H22FN3O3/c23-16-7-5-15(6-8-16)20(26-9-11-29-12-10-26)14-24-22(28)18-13-21(27)25-19-4-2-1-3-17(18)19/h1-8,13,20H,9-12,14H2,(H,24,28)(H,25,27)/t20-/m0/s1. The highest BCUT2D eigenvalue weighted by atomic mass is 19.1. The lowest BCUT2D eigenvalue weighted by molar-refractivity contribution is 0.0162. The number of para-hydroxylation sites is 1. The second-order valence-corrected chi connectivity index (χ2v) is 7.02. The van der Waals surface area contributed by atoms with Crippen LogP contribution in [-0.2, 0) is 4.74 Å². The Kier molecular flexibility index (Phi) is 5.69. The third-order valence-electron chi connectivity index (χ3n) is 5.19. The van der Waals surface area contributed by atoms with E-state index >= 15 is 0 Å². The molecule has 1 fully saturated rings. The predicted molar refractivity (Wildman–Crippen MR) is 108 cm³/mol. The van der Waals surface area contributed by atoms with Crippen molar-refractivity contribution in [3.63, 3.8) is 0 Å². The number of carbonyl (C=O) groups excluding carboxylic acids is 1. The summed E-state index contributed by atoms with van der Waals surface area (Å²) in [4.78, 5) is 29.8. The van der Waals surface area contributed by atoms with Gasteiger partial charge in [0.15, 0.2) is 0 Å². The fourth-order valence-corrected chi connectivity index (χ4v) is 3.71. The molecule has 4 rings (SSSR count). The lowest BCUT2D eigenvalue weighted by Gasteiger charge is -2.35. The molecule has 1 atom stereocenters. The number of H-pyrrole nitrogens is 1. The fourth-order valence-electron chi connectivity index (χ4n) is 3.71. The number of halogens is 1. The van der Waals surface area contributed by atoms with Gasteiger partial charge in [-0.2, -0.15) is 0 Å². The van der Waals surface area contributed by atoms with Gasteiger partial charge in [-0.1, -0.05) is 30.3 Å². The monoisotopic (exact) mass is 395 g/mol. The third kappa shape index (κ3) is 4.36.